The molecule has 0 spiro atoms. The van der Waals surface area contributed by atoms with Gasteiger partial charge in [0.1, 0.15) is 5.75 Å². The van der Waals surface area contributed by atoms with Crippen molar-refractivity contribution in [1.29, 1.82) is 0 Å². The van der Waals surface area contributed by atoms with Crippen LogP contribution in [0.15, 0.2) is 30.3 Å². The van der Waals surface area contributed by atoms with E-state index in [0.717, 1.165) is 23.3 Å². The van der Waals surface area contributed by atoms with E-state index >= 15 is 0 Å². The van der Waals surface area contributed by atoms with E-state index in [-0.39, 0.29) is 24.0 Å². The van der Waals surface area contributed by atoms with Gasteiger partial charge in [0.2, 0.25) is 0 Å². The average molecular weight is 345 g/mol. The molecule has 1 N–H and O–H groups in total. The summed E-state index contributed by atoms with van der Waals surface area (Å²) in [6.45, 7) is 3.58. The summed E-state index contributed by atoms with van der Waals surface area (Å²) in [6, 6.07) is 6.61. The summed E-state index contributed by atoms with van der Waals surface area (Å²) in [6.07, 6.45) is 0.428. The zero-order valence-electron chi connectivity index (χ0n) is 13.9. The molecule has 0 unspecified atom stereocenters. The lowest BCUT2D eigenvalue weighted by molar-refractivity contribution is -0.118. The molecule has 0 aromatic heterocycles. The van der Waals surface area contributed by atoms with Gasteiger partial charge in [-0.2, -0.15) is 0 Å². The number of ketones is 1. The maximum atomic E-state index is 13.2. The van der Waals surface area contributed by atoms with Gasteiger partial charge in [-0.1, -0.05) is 13.0 Å². The van der Waals surface area contributed by atoms with Crippen LogP contribution in [0.2, 0.25) is 0 Å². The van der Waals surface area contributed by atoms with Gasteiger partial charge in [0.25, 0.3) is 5.91 Å². The van der Waals surface area contributed by atoms with Crippen LogP contribution >= 0.6 is 0 Å². The highest BCUT2D eigenvalue weighted by atomic mass is 19.2. The molecule has 1 amide bonds. The number of anilines is 1. The van der Waals surface area contributed by atoms with Gasteiger partial charge in [0.05, 0.1) is 5.56 Å². The van der Waals surface area contributed by atoms with Gasteiger partial charge < -0.3 is 10.1 Å². The Kier molecular flexibility index (Phi) is 4.53. The number of rotatable bonds is 4. The largest absolute Gasteiger partial charge is 0.483 e. The van der Waals surface area contributed by atoms with Crippen molar-refractivity contribution in [3.63, 3.8) is 0 Å². The highest BCUT2D eigenvalue weighted by Gasteiger charge is 2.31. The number of benzene rings is 2. The zero-order valence-corrected chi connectivity index (χ0v) is 13.9. The number of Topliss-reactive ketones (excluding diaryl/α,β-unsaturated/α-hetero) is 1. The minimum atomic E-state index is -1.05. The van der Waals surface area contributed by atoms with Crippen LogP contribution in [-0.4, -0.2) is 18.3 Å². The van der Waals surface area contributed by atoms with Crippen LogP contribution in [0.5, 0.6) is 5.75 Å². The summed E-state index contributed by atoms with van der Waals surface area (Å²) >= 11 is 0. The molecule has 1 atom stereocenters. The number of fused-ring (bicyclic) bond motifs is 1. The summed E-state index contributed by atoms with van der Waals surface area (Å²) < 4.78 is 31.6. The van der Waals surface area contributed by atoms with Crippen molar-refractivity contribution in [3.8, 4) is 5.75 Å². The Hall–Kier alpha value is -2.76. The van der Waals surface area contributed by atoms with Crippen molar-refractivity contribution in [2.45, 2.75) is 26.2 Å². The molecule has 130 valence electrons. The fraction of sp³-hybridized carbons (Fsp3) is 0.263. The molecule has 0 saturated carbocycles. The van der Waals surface area contributed by atoms with Crippen LogP contribution in [-0.2, 0) is 4.79 Å². The van der Waals surface area contributed by atoms with Gasteiger partial charge in [-0.05, 0) is 42.2 Å². The highest BCUT2D eigenvalue weighted by molar-refractivity contribution is 6.04. The fourth-order valence-corrected chi connectivity index (χ4v) is 3.14. The first-order valence-electron chi connectivity index (χ1n) is 7.91. The van der Waals surface area contributed by atoms with E-state index in [2.05, 4.69) is 5.32 Å². The minimum Gasteiger partial charge on any atom is -0.483 e. The minimum absolute atomic E-state index is 0.00205. The lowest BCUT2D eigenvalue weighted by atomic mass is 9.97. The lowest BCUT2D eigenvalue weighted by Crippen LogP contribution is -2.21. The molecular weight excluding hydrogens is 328 g/mol. The molecule has 1 aliphatic carbocycles. The van der Waals surface area contributed by atoms with Crippen LogP contribution in [0.4, 0.5) is 14.5 Å². The maximum Gasteiger partial charge on any atom is 0.262 e. The number of nitrogens with one attached hydrogen (secondary N) is 1. The van der Waals surface area contributed by atoms with Crippen LogP contribution < -0.4 is 10.1 Å². The molecule has 6 heteroatoms. The van der Waals surface area contributed by atoms with E-state index in [1.54, 1.807) is 6.07 Å². The number of halogens is 2. The predicted octanol–water partition coefficient (Wildman–Crippen LogP) is 3.98. The van der Waals surface area contributed by atoms with E-state index in [4.69, 9.17) is 4.74 Å². The molecule has 25 heavy (non-hydrogen) atoms. The zero-order chi connectivity index (χ0) is 18.1. The normalized spacial score (nSPS) is 15.8. The van der Waals surface area contributed by atoms with Gasteiger partial charge in [-0.15, -0.1) is 0 Å². The molecule has 3 rings (SSSR count). The second-order valence-electron chi connectivity index (χ2n) is 6.16. The van der Waals surface area contributed by atoms with Crippen molar-refractivity contribution >= 4 is 17.4 Å². The second-order valence-corrected chi connectivity index (χ2v) is 6.16. The van der Waals surface area contributed by atoms with Gasteiger partial charge in [-0.3, -0.25) is 9.59 Å². The summed E-state index contributed by atoms with van der Waals surface area (Å²) in [7, 11) is 0. The van der Waals surface area contributed by atoms with Crippen molar-refractivity contribution in [2.24, 2.45) is 0 Å². The molecule has 0 bridgehead atoms. The van der Waals surface area contributed by atoms with Crippen LogP contribution in [0.25, 0.3) is 0 Å². The number of carbonyl (C=O) groups is 2. The quantitative estimate of drug-likeness (QED) is 0.912. The van der Waals surface area contributed by atoms with Crippen LogP contribution in [0.3, 0.4) is 0 Å². The molecule has 2 aromatic carbocycles. The number of ether oxygens (including phenoxy) is 1. The first-order chi connectivity index (χ1) is 11.9. The van der Waals surface area contributed by atoms with Crippen LogP contribution in [0, 0.1) is 18.6 Å². The van der Waals surface area contributed by atoms with Crippen molar-refractivity contribution in [1.82, 2.24) is 0 Å². The lowest BCUT2D eigenvalue weighted by Gasteiger charge is -2.13. The fourth-order valence-electron chi connectivity index (χ4n) is 3.14. The maximum absolute atomic E-state index is 13.2. The third-order valence-electron chi connectivity index (χ3n) is 4.25. The molecular formula is C19H17F2NO3. The molecule has 2 aromatic rings. The van der Waals surface area contributed by atoms with E-state index in [0.29, 0.717) is 17.7 Å². The molecule has 1 aliphatic rings. The monoisotopic (exact) mass is 345 g/mol. The molecule has 0 heterocycles. The molecule has 0 fully saturated rings. The Labute approximate surface area is 143 Å². The first-order valence-corrected chi connectivity index (χ1v) is 7.91. The molecule has 4 nitrogen and oxygen atoms in total. The Morgan fingerprint density at radius 2 is 2.00 bits per heavy atom. The number of carbonyl (C=O) groups excluding carboxylic acids is 2. The molecule has 0 saturated heterocycles. The van der Waals surface area contributed by atoms with E-state index in [1.165, 1.54) is 6.07 Å². The Morgan fingerprint density at radius 1 is 1.24 bits per heavy atom. The SMILES string of the molecule is Cc1ccc(OCC(=O)Nc2ccc(F)c(F)c2)c2c1[C@@H](C)CC2=O. The van der Waals surface area contributed by atoms with Crippen molar-refractivity contribution < 1.29 is 23.1 Å². The third-order valence-corrected chi connectivity index (χ3v) is 4.25. The second kappa shape index (κ2) is 6.63. The Morgan fingerprint density at radius 3 is 2.72 bits per heavy atom. The topological polar surface area (TPSA) is 55.4 Å². The standard InChI is InChI=1S/C19H17F2NO3/c1-10-3-6-16(19-15(23)7-11(2)18(10)19)25-9-17(24)22-12-4-5-13(20)14(21)8-12/h3-6,8,11H,7,9H2,1-2H3,(H,22,24)/t11-/m0/s1. The average Bonchev–Trinajstić information content (AvgIpc) is 2.86. The molecule has 0 aliphatic heterocycles. The van der Waals surface area contributed by atoms with Gasteiger partial charge in [0.15, 0.2) is 24.0 Å². The summed E-state index contributed by atoms with van der Waals surface area (Å²) in [5.41, 5.74) is 2.65. The summed E-state index contributed by atoms with van der Waals surface area (Å²) in [4.78, 5) is 24.2. The number of hydrogen-bond acceptors (Lipinski definition) is 3. The summed E-state index contributed by atoms with van der Waals surface area (Å²) in [5.74, 6) is -2.06. The molecule has 0 radical (unpaired) electrons. The smallest absolute Gasteiger partial charge is 0.262 e. The first kappa shape index (κ1) is 17.1. The number of hydrogen-bond donors (Lipinski definition) is 1. The van der Waals surface area contributed by atoms with Crippen LogP contribution in [0.1, 0.15) is 40.7 Å². The van der Waals surface area contributed by atoms with Gasteiger partial charge >= 0.3 is 0 Å². The van der Waals surface area contributed by atoms with Gasteiger partial charge in [-0.25, -0.2) is 8.78 Å². The van der Waals surface area contributed by atoms with Crippen molar-refractivity contribution in [3.05, 3.63) is 58.7 Å². The van der Waals surface area contributed by atoms with Gasteiger partial charge in [0, 0.05) is 18.2 Å². The number of amides is 1. The van der Waals surface area contributed by atoms with E-state index in [9.17, 15) is 18.4 Å². The Balaban J connectivity index is 1.71. The van der Waals surface area contributed by atoms with E-state index in [1.807, 2.05) is 19.9 Å². The summed E-state index contributed by atoms with van der Waals surface area (Å²) in [5, 5.41) is 2.42. The number of aryl methyl sites for hydroxylation is 1. The predicted molar refractivity (Wildman–Crippen MR) is 89.0 cm³/mol. The van der Waals surface area contributed by atoms with E-state index < -0.39 is 17.5 Å². The highest BCUT2D eigenvalue weighted by Crippen LogP contribution is 2.40. The Bertz CT molecular complexity index is 864. The third kappa shape index (κ3) is 3.38. The van der Waals surface area contributed by atoms with Crippen molar-refractivity contribution in [2.75, 3.05) is 11.9 Å².